The molecule has 0 aromatic carbocycles. The molecule has 0 amide bonds. The number of likely N-dealkylation sites (N-methyl/N-ethyl adjacent to an activating group) is 1. The van der Waals surface area contributed by atoms with Gasteiger partial charge in [0.2, 0.25) is 0 Å². The van der Waals surface area contributed by atoms with Crippen LogP contribution in [-0.2, 0) is 6.54 Å². The Balaban J connectivity index is 2.08. The van der Waals surface area contributed by atoms with Crippen molar-refractivity contribution in [3.05, 3.63) is 22.6 Å². The zero-order valence-corrected chi connectivity index (χ0v) is 12.6. The summed E-state index contributed by atoms with van der Waals surface area (Å²) in [6, 6.07) is 1.63. The molecule has 0 radical (unpaired) electrons. The predicted molar refractivity (Wildman–Crippen MR) is 81.0 cm³/mol. The molecule has 0 aliphatic carbocycles. The topological polar surface area (TPSA) is 67.4 Å². The fourth-order valence-corrected chi connectivity index (χ4v) is 2.21. The first kappa shape index (κ1) is 15.0. The summed E-state index contributed by atoms with van der Waals surface area (Å²) in [5, 5.41) is 4.26. The van der Waals surface area contributed by atoms with Crippen LogP contribution < -0.4 is 16.2 Å². The van der Waals surface area contributed by atoms with Gasteiger partial charge in [0.05, 0.1) is 18.4 Å². The van der Waals surface area contributed by atoms with Crippen LogP contribution in [-0.4, -0.2) is 53.9 Å². The lowest BCUT2D eigenvalue weighted by Gasteiger charge is -2.33. The predicted octanol–water partition coefficient (Wildman–Crippen LogP) is -0.0216. The molecule has 0 saturated carbocycles. The molecular weight excluding hydrogens is 254 g/mol. The smallest absolute Gasteiger partial charge is 0.268 e. The van der Waals surface area contributed by atoms with Gasteiger partial charge in [-0.1, -0.05) is 13.8 Å². The number of nitrogens with two attached hydrogens (primary N) is 1. The summed E-state index contributed by atoms with van der Waals surface area (Å²) in [7, 11) is 2.11. The SMILES string of the molecule is CC(C)C(N)Cn1ncc(N2CCN(C)CC2)cc1=O. The highest BCUT2D eigenvalue weighted by atomic mass is 16.1. The third-order valence-electron chi connectivity index (χ3n) is 3.96. The van der Waals surface area contributed by atoms with Crippen molar-refractivity contribution in [2.24, 2.45) is 11.7 Å². The van der Waals surface area contributed by atoms with Crippen LogP contribution in [0.4, 0.5) is 5.69 Å². The van der Waals surface area contributed by atoms with E-state index in [2.05, 4.69) is 21.9 Å². The minimum atomic E-state index is -0.0717. The monoisotopic (exact) mass is 279 g/mol. The standard InChI is InChI=1S/C14H25N5O/c1-11(2)13(15)10-19-14(20)8-12(9-16-19)18-6-4-17(3)5-7-18/h8-9,11,13H,4-7,10,15H2,1-3H3. The van der Waals surface area contributed by atoms with Crippen LogP contribution in [0.25, 0.3) is 0 Å². The van der Waals surface area contributed by atoms with Crippen molar-refractivity contribution < 1.29 is 0 Å². The van der Waals surface area contributed by atoms with E-state index in [0.29, 0.717) is 12.5 Å². The van der Waals surface area contributed by atoms with Gasteiger partial charge in [-0.3, -0.25) is 4.79 Å². The van der Waals surface area contributed by atoms with Gasteiger partial charge in [-0.15, -0.1) is 0 Å². The Kier molecular flexibility index (Phi) is 4.77. The second-order valence-electron chi connectivity index (χ2n) is 5.93. The molecule has 1 unspecified atom stereocenters. The first-order chi connectivity index (χ1) is 9.47. The van der Waals surface area contributed by atoms with Gasteiger partial charge in [0, 0.05) is 38.3 Å². The van der Waals surface area contributed by atoms with Crippen LogP contribution in [0.5, 0.6) is 0 Å². The number of hydrogen-bond acceptors (Lipinski definition) is 5. The maximum absolute atomic E-state index is 12.1. The van der Waals surface area contributed by atoms with Gasteiger partial charge in [0.1, 0.15) is 0 Å². The molecule has 2 N–H and O–H groups in total. The van der Waals surface area contributed by atoms with Gasteiger partial charge in [0.25, 0.3) is 5.56 Å². The Morgan fingerprint density at radius 3 is 2.50 bits per heavy atom. The van der Waals surface area contributed by atoms with E-state index in [1.807, 2.05) is 13.8 Å². The van der Waals surface area contributed by atoms with Crippen molar-refractivity contribution in [3.8, 4) is 0 Å². The van der Waals surface area contributed by atoms with E-state index < -0.39 is 0 Å². The quantitative estimate of drug-likeness (QED) is 0.839. The first-order valence-corrected chi connectivity index (χ1v) is 7.23. The number of nitrogens with zero attached hydrogens (tertiary/aromatic N) is 4. The second kappa shape index (κ2) is 6.37. The van der Waals surface area contributed by atoms with E-state index in [0.717, 1.165) is 31.9 Å². The lowest BCUT2D eigenvalue weighted by atomic mass is 10.1. The van der Waals surface area contributed by atoms with Crippen LogP contribution in [0.15, 0.2) is 17.1 Å². The summed E-state index contributed by atoms with van der Waals surface area (Å²) in [5.41, 5.74) is 6.84. The molecule has 1 atom stereocenters. The Labute approximate surface area is 120 Å². The van der Waals surface area contributed by atoms with Crippen molar-refractivity contribution in [2.75, 3.05) is 38.1 Å². The number of anilines is 1. The van der Waals surface area contributed by atoms with E-state index in [9.17, 15) is 4.79 Å². The maximum atomic E-state index is 12.1. The average Bonchev–Trinajstić information content (AvgIpc) is 2.41. The molecule has 1 aliphatic heterocycles. The van der Waals surface area contributed by atoms with E-state index >= 15 is 0 Å². The highest BCUT2D eigenvalue weighted by Crippen LogP contribution is 2.12. The number of hydrogen-bond donors (Lipinski definition) is 1. The van der Waals surface area contributed by atoms with E-state index in [4.69, 9.17) is 5.73 Å². The average molecular weight is 279 g/mol. The molecule has 0 bridgehead atoms. The van der Waals surface area contributed by atoms with Crippen LogP contribution in [0, 0.1) is 5.92 Å². The summed E-state index contributed by atoms with van der Waals surface area (Å²) >= 11 is 0. The third-order valence-corrected chi connectivity index (χ3v) is 3.96. The molecule has 1 aliphatic rings. The zero-order valence-electron chi connectivity index (χ0n) is 12.6. The Bertz CT molecular complexity index is 491. The molecule has 112 valence electrons. The second-order valence-corrected chi connectivity index (χ2v) is 5.93. The van der Waals surface area contributed by atoms with Crippen molar-refractivity contribution in [3.63, 3.8) is 0 Å². The van der Waals surface area contributed by atoms with Gasteiger partial charge < -0.3 is 15.5 Å². The van der Waals surface area contributed by atoms with Crippen molar-refractivity contribution in [1.29, 1.82) is 0 Å². The number of aromatic nitrogens is 2. The number of rotatable bonds is 4. The fraction of sp³-hybridized carbons (Fsp3) is 0.714. The zero-order chi connectivity index (χ0) is 14.7. The van der Waals surface area contributed by atoms with Crippen molar-refractivity contribution in [1.82, 2.24) is 14.7 Å². The van der Waals surface area contributed by atoms with Gasteiger partial charge in [-0.2, -0.15) is 5.10 Å². The van der Waals surface area contributed by atoms with Gasteiger partial charge in [0.15, 0.2) is 0 Å². The fourth-order valence-electron chi connectivity index (χ4n) is 2.21. The van der Waals surface area contributed by atoms with Crippen LogP contribution in [0.3, 0.4) is 0 Å². The van der Waals surface area contributed by atoms with E-state index in [1.54, 1.807) is 12.3 Å². The molecular formula is C14H25N5O. The molecule has 20 heavy (non-hydrogen) atoms. The maximum Gasteiger partial charge on any atom is 0.268 e. The molecule has 1 saturated heterocycles. The highest BCUT2D eigenvalue weighted by Gasteiger charge is 2.16. The summed E-state index contributed by atoms with van der Waals surface area (Å²) in [6.45, 7) is 8.48. The largest absolute Gasteiger partial charge is 0.368 e. The Morgan fingerprint density at radius 2 is 1.95 bits per heavy atom. The molecule has 6 nitrogen and oxygen atoms in total. The molecule has 0 spiro atoms. The summed E-state index contributed by atoms with van der Waals surface area (Å²) < 4.78 is 1.46. The third kappa shape index (κ3) is 3.58. The molecule has 1 aromatic heterocycles. The normalized spacial score (nSPS) is 18.6. The summed E-state index contributed by atoms with van der Waals surface area (Å²) in [5.74, 6) is 0.334. The Morgan fingerprint density at radius 1 is 1.30 bits per heavy atom. The van der Waals surface area contributed by atoms with E-state index in [-0.39, 0.29) is 11.6 Å². The molecule has 2 heterocycles. The lowest BCUT2D eigenvalue weighted by Crippen LogP contribution is -2.45. The van der Waals surface area contributed by atoms with Crippen molar-refractivity contribution >= 4 is 5.69 Å². The Hall–Kier alpha value is -1.40. The minimum absolute atomic E-state index is 0.0466. The summed E-state index contributed by atoms with van der Waals surface area (Å²) in [4.78, 5) is 16.6. The number of piperazine rings is 1. The van der Waals surface area contributed by atoms with Crippen molar-refractivity contribution in [2.45, 2.75) is 26.4 Å². The van der Waals surface area contributed by atoms with Gasteiger partial charge >= 0.3 is 0 Å². The molecule has 1 fully saturated rings. The molecule has 1 aromatic rings. The molecule has 2 rings (SSSR count). The summed E-state index contributed by atoms with van der Waals surface area (Å²) in [6.07, 6.45) is 1.78. The van der Waals surface area contributed by atoms with E-state index in [1.165, 1.54) is 4.68 Å². The van der Waals surface area contributed by atoms with Gasteiger partial charge in [-0.05, 0) is 13.0 Å². The van der Waals surface area contributed by atoms with Crippen LogP contribution in [0.1, 0.15) is 13.8 Å². The first-order valence-electron chi connectivity index (χ1n) is 7.23. The van der Waals surface area contributed by atoms with Crippen LogP contribution >= 0.6 is 0 Å². The lowest BCUT2D eigenvalue weighted by molar-refractivity contribution is 0.312. The minimum Gasteiger partial charge on any atom is -0.368 e. The van der Waals surface area contributed by atoms with Gasteiger partial charge in [-0.25, -0.2) is 4.68 Å². The highest BCUT2D eigenvalue weighted by molar-refractivity contribution is 5.43. The van der Waals surface area contributed by atoms with Crippen LogP contribution in [0.2, 0.25) is 0 Å². The molecule has 6 heteroatoms.